The van der Waals surface area contributed by atoms with Gasteiger partial charge in [-0.3, -0.25) is 9.10 Å². The zero-order chi connectivity index (χ0) is 23.7. The van der Waals surface area contributed by atoms with Gasteiger partial charge in [0.15, 0.2) is 0 Å². The molecular weight excluding hydrogens is 456 g/mol. The number of nitrogens with one attached hydrogen (secondary N) is 1. The van der Waals surface area contributed by atoms with Crippen LogP contribution in [0.5, 0.6) is 11.5 Å². The van der Waals surface area contributed by atoms with Crippen LogP contribution < -0.4 is 14.4 Å². The Morgan fingerprint density at radius 2 is 1.58 bits per heavy atom. The standard InChI is InChI=1S/C25H28N2O4S2/c1-20-9-15-24(16-10-20)32-18-6-17-26-25(28)19-27(33(2,29)30)21-11-13-23(14-12-21)31-22-7-4-3-5-8-22/h3-5,7-16H,6,17-19H2,1-2H3,(H,26,28). The molecule has 3 aromatic carbocycles. The molecule has 0 saturated carbocycles. The molecule has 174 valence electrons. The van der Waals surface area contributed by atoms with Crippen molar-refractivity contribution in [3.8, 4) is 11.5 Å². The maximum Gasteiger partial charge on any atom is 0.240 e. The SMILES string of the molecule is Cc1ccc(SCCCNC(=O)CN(c2ccc(Oc3ccccc3)cc2)S(C)(=O)=O)cc1. The van der Waals surface area contributed by atoms with E-state index in [2.05, 4.69) is 36.5 Å². The Balaban J connectivity index is 1.50. The molecule has 0 saturated heterocycles. The number of hydrogen-bond acceptors (Lipinski definition) is 5. The van der Waals surface area contributed by atoms with Crippen LogP contribution in [0, 0.1) is 6.92 Å². The van der Waals surface area contributed by atoms with E-state index in [0.717, 1.165) is 22.7 Å². The first-order valence-corrected chi connectivity index (χ1v) is 13.4. The molecule has 0 heterocycles. The molecule has 0 atom stereocenters. The predicted molar refractivity (Wildman–Crippen MR) is 135 cm³/mol. The Bertz CT molecular complexity index is 1130. The summed E-state index contributed by atoms with van der Waals surface area (Å²) in [6.07, 6.45) is 1.88. The van der Waals surface area contributed by atoms with E-state index >= 15 is 0 Å². The van der Waals surface area contributed by atoms with Crippen molar-refractivity contribution < 1.29 is 17.9 Å². The summed E-state index contributed by atoms with van der Waals surface area (Å²) in [5, 5.41) is 2.81. The fraction of sp³-hybridized carbons (Fsp3) is 0.240. The molecule has 0 fully saturated rings. The Morgan fingerprint density at radius 3 is 2.21 bits per heavy atom. The Kier molecular flexibility index (Phi) is 8.79. The third-order valence-corrected chi connectivity index (χ3v) is 6.96. The number of para-hydroxylation sites is 1. The van der Waals surface area contributed by atoms with Crippen LogP contribution in [0.4, 0.5) is 5.69 Å². The number of amides is 1. The van der Waals surface area contributed by atoms with Crippen LogP contribution in [-0.2, 0) is 14.8 Å². The number of ether oxygens (including phenoxy) is 1. The van der Waals surface area contributed by atoms with Crippen LogP contribution >= 0.6 is 11.8 Å². The van der Waals surface area contributed by atoms with Crippen molar-refractivity contribution in [2.45, 2.75) is 18.2 Å². The van der Waals surface area contributed by atoms with Gasteiger partial charge in [0.25, 0.3) is 0 Å². The Labute approximate surface area is 200 Å². The fourth-order valence-electron chi connectivity index (χ4n) is 3.02. The number of aryl methyl sites for hydroxylation is 1. The number of hydrogen-bond donors (Lipinski definition) is 1. The van der Waals surface area contributed by atoms with Crippen LogP contribution in [0.15, 0.2) is 83.8 Å². The van der Waals surface area contributed by atoms with Gasteiger partial charge in [-0.05, 0) is 67.6 Å². The molecule has 1 amide bonds. The minimum absolute atomic E-state index is 0.275. The van der Waals surface area contributed by atoms with Gasteiger partial charge in [0.2, 0.25) is 15.9 Å². The molecule has 8 heteroatoms. The van der Waals surface area contributed by atoms with E-state index in [-0.39, 0.29) is 12.5 Å². The Morgan fingerprint density at radius 1 is 0.939 bits per heavy atom. The van der Waals surface area contributed by atoms with Crippen LogP contribution in [0.3, 0.4) is 0 Å². The van der Waals surface area contributed by atoms with Crippen molar-refractivity contribution in [1.29, 1.82) is 0 Å². The molecule has 0 aliphatic carbocycles. The minimum atomic E-state index is -3.63. The van der Waals surface area contributed by atoms with Gasteiger partial charge < -0.3 is 10.1 Å². The lowest BCUT2D eigenvalue weighted by molar-refractivity contribution is -0.119. The van der Waals surface area contributed by atoms with Gasteiger partial charge in [-0.15, -0.1) is 11.8 Å². The molecule has 0 aliphatic heterocycles. The average molecular weight is 485 g/mol. The van der Waals surface area contributed by atoms with Crippen molar-refractivity contribution >= 4 is 33.4 Å². The first-order valence-electron chi connectivity index (χ1n) is 10.6. The second-order valence-corrected chi connectivity index (χ2v) is 10.6. The lowest BCUT2D eigenvalue weighted by Crippen LogP contribution is -2.40. The second-order valence-electron chi connectivity index (χ2n) is 7.54. The third-order valence-electron chi connectivity index (χ3n) is 4.72. The van der Waals surface area contributed by atoms with E-state index in [4.69, 9.17) is 4.74 Å². The summed E-state index contributed by atoms with van der Waals surface area (Å²) in [5.74, 6) is 1.78. The Hall–Kier alpha value is -2.97. The van der Waals surface area contributed by atoms with Crippen molar-refractivity contribution in [2.24, 2.45) is 0 Å². The highest BCUT2D eigenvalue weighted by Crippen LogP contribution is 2.25. The van der Waals surface area contributed by atoms with Crippen molar-refractivity contribution in [3.63, 3.8) is 0 Å². The van der Waals surface area contributed by atoms with Gasteiger partial charge in [-0.25, -0.2) is 8.42 Å². The number of anilines is 1. The molecule has 0 unspecified atom stereocenters. The molecule has 1 N–H and O–H groups in total. The van der Waals surface area contributed by atoms with E-state index in [0.29, 0.717) is 23.7 Å². The lowest BCUT2D eigenvalue weighted by atomic mass is 10.2. The highest BCUT2D eigenvalue weighted by molar-refractivity contribution is 7.99. The van der Waals surface area contributed by atoms with Gasteiger partial charge in [-0.1, -0.05) is 35.9 Å². The van der Waals surface area contributed by atoms with Crippen LogP contribution in [0.2, 0.25) is 0 Å². The number of carbonyl (C=O) groups excluding carboxylic acids is 1. The van der Waals surface area contributed by atoms with E-state index in [9.17, 15) is 13.2 Å². The van der Waals surface area contributed by atoms with Gasteiger partial charge >= 0.3 is 0 Å². The number of rotatable bonds is 11. The first-order chi connectivity index (χ1) is 15.8. The quantitative estimate of drug-likeness (QED) is 0.311. The second kappa shape index (κ2) is 11.8. The van der Waals surface area contributed by atoms with Crippen molar-refractivity contribution in [1.82, 2.24) is 5.32 Å². The number of carbonyl (C=O) groups is 1. The summed E-state index contributed by atoms with van der Waals surface area (Å²) >= 11 is 1.73. The molecule has 3 aromatic rings. The topological polar surface area (TPSA) is 75.7 Å². The predicted octanol–water partition coefficient (Wildman–Crippen LogP) is 4.85. The van der Waals surface area contributed by atoms with Crippen LogP contribution in [0.1, 0.15) is 12.0 Å². The summed E-state index contributed by atoms with van der Waals surface area (Å²) in [6, 6.07) is 24.2. The lowest BCUT2D eigenvalue weighted by Gasteiger charge is -2.22. The molecular formula is C25H28N2O4S2. The van der Waals surface area contributed by atoms with E-state index in [1.54, 1.807) is 36.0 Å². The molecule has 0 aromatic heterocycles. The van der Waals surface area contributed by atoms with Crippen LogP contribution in [0.25, 0.3) is 0 Å². The highest BCUT2D eigenvalue weighted by atomic mass is 32.2. The summed E-state index contributed by atoms with van der Waals surface area (Å²) in [6.45, 7) is 2.26. The average Bonchev–Trinajstić information content (AvgIpc) is 2.79. The highest BCUT2D eigenvalue weighted by Gasteiger charge is 2.20. The van der Waals surface area contributed by atoms with Crippen molar-refractivity contribution in [3.05, 3.63) is 84.4 Å². The summed E-state index contributed by atoms with van der Waals surface area (Å²) < 4.78 is 31.5. The summed E-state index contributed by atoms with van der Waals surface area (Å²) in [7, 11) is -3.63. The molecule has 6 nitrogen and oxygen atoms in total. The van der Waals surface area contributed by atoms with Gasteiger partial charge in [0.1, 0.15) is 18.0 Å². The number of thioether (sulfide) groups is 1. The van der Waals surface area contributed by atoms with Gasteiger partial charge in [-0.2, -0.15) is 0 Å². The van der Waals surface area contributed by atoms with Gasteiger partial charge in [0.05, 0.1) is 11.9 Å². The molecule has 3 rings (SSSR count). The third kappa shape index (κ3) is 8.14. The van der Waals surface area contributed by atoms with E-state index < -0.39 is 10.0 Å². The summed E-state index contributed by atoms with van der Waals surface area (Å²) in [4.78, 5) is 13.6. The zero-order valence-electron chi connectivity index (χ0n) is 18.7. The number of sulfonamides is 1. The maximum absolute atomic E-state index is 12.4. The summed E-state index contributed by atoms with van der Waals surface area (Å²) in [5.41, 5.74) is 1.63. The van der Waals surface area contributed by atoms with E-state index in [1.807, 2.05) is 30.3 Å². The molecule has 0 aliphatic rings. The van der Waals surface area contributed by atoms with E-state index in [1.165, 1.54) is 10.5 Å². The smallest absolute Gasteiger partial charge is 0.240 e. The monoisotopic (exact) mass is 484 g/mol. The van der Waals surface area contributed by atoms with Crippen molar-refractivity contribution in [2.75, 3.05) is 29.4 Å². The fourth-order valence-corrected chi connectivity index (χ4v) is 4.73. The zero-order valence-corrected chi connectivity index (χ0v) is 20.4. The molecule has 33 heavy (non-hydrogen) atoms. The number of benzene rings is 3. The maximum atomic E-state index is 12.4. The van der Waals surface area contributed by atoms with Crippen LogP contribution in [-0.4, -0.2) is 39.4 Å². The number of nitrogens with zero attached hydrogens (tertiary/aromatic N) is 1. The minimum Gasteiger partial charge on any atom is -0.457 e. The normalized spacial score (nSPS) is 11.1. The molecule has 0 radical (unpaired) electrons. The largest absolute Gasteiger partial charge is 0.457 e. The molecule has 0 bridgehead atoms. The first kappa shape index (κ1) is 24.7. The van der Waals surface area contributed by atoms with Gasteiger partial charge in [0, 0.05) is 11.4 Å². The molecule has 0 spiro atoms.